The first-order chi connectivity index (χ1) is 12.6. The average molecular weight is 451 g/mol. The summed E-state index contributed by atoms with van der Waals surface area (Å²) in [5.74, 6) is 6.44. The number of benzene rings is 2. The normalized spacial score (nSPS) is 12.8. The van der Waals surface area contributed by atoms with Crippen molar-refractivity contribution >= 4 is 26.0 Å². The molecule has 4 nitrogen and oxygen atoms in total. The summed E-state index contributed by atoms with van der Waals surface area (Å²) in [5, 5.41) is 0. The molecule has 0 saturated carbocycles. The third-order valence-electron chi connectivity index (χ3n) is 3.69. The molecule has 0 spiro atoms. The Morgan fingerprint density at radius 3 is 2.30 bits per heavy atom. The standard InChI is InChI=1S/C21H23BrO4S/c1-16-11-13-17(14-12-16)27(23,24)26-20(21(2,3)4)10-7-15-25-19-9-6-5-8-18(19)22/h5-6,8-9,11-14,20H,15H2,1-4H3. The van der Waals surface area contributed by atoms with E-state index < -0.39 is 21.6 Å². The van der Waals surface area contributed by atoms with Crippen molar-refractivity contribution in [2.45, 2.75) is 38.7 Å². The van der Waals surface area contributed by atoms with E-state index in [-0.39, 0.29) is 11.5 Å². The van der Waals surface area contributed by atoms with Crippen molar-refractivity contribution in [2.75, 3.05) is 6.61 Å². The molecule has 0 saturated heterocycles. The molecule has 6 heteroatoms. The zero-order chi connectivity index (χ0) is 20.1. The van der Waals surface area contributed by atoms with Crippen LogP contribution in [0, 0.1) is 24.2 Å². The van der Waals surface area contributed by atoms with Gasteiger partial charge in [0, 0.05) is 5.41 Å². The maximum absolute atomic E-state index is 12.6. The largest absolute Gasteiger partial charge is 0.480 e. The van der Waals surface area contributed by atoms with Crippen LogP contribution < -0.4 is 4.74 Å². The van der Waals surface area contributed by atoms with Crippen molar-refractivity contribution < 1.29 is 17.3 Å². The molecule has 0 aliphatic carbocycles. The average Bonchev–Trinajstić information content (AvgIpc) is 2.58. The second-order valence-electron chi connectivity index (χ2n) is 7.15. The summed E-state index contributed by atoms with van der Waals surface area (Å²) in [6.45, 7) is 7.66. The molecule has 2 rings (SSSR count). The van der Waals surface area contributed by atoms with Crippen molar-refractivity contribution in [3.05, 3.63) is 58.6 Å². The Hall–Kier alpha value is -1.81. The molecule has 144 valence electrons. The summed E-state index contributed by atoms with van der Waals surface area (Å²) in [5.41, 5.74) is 0.489. The second kappa shape index (κ2) is 8.92. The van der Waals surface area contributed by atoms with Crippen LogP contribution in [-0.4, -0.2) is 21.1 Å². The van der Waals surface area contributed by atoms with Gasteiger partial charge in [0.05, 0.1) is 9.37 Å². The molecule has 1 atom stereocenters. The second-order valence-corrected chi connectivity index (χ2v) is 9.58. The monoisotopic (exact) mass is 450 g/mol. The predicted molar refractivity (Wildman–Crippen MR) is 110 cm³/mol. The van der Waals surface area contributed by atoms with E-state index in [1.54, 1.807) is 12.1 Å². The predicted octanol–water partition coefficient (Wildman–Crippen LogP) is 4.96. The van der Waals surface area contributed by atoms with Crippen molar-refractivity contribution in [3.8, 4) is 17.6 Å². The number of ether oxygens (including phenoxy) is 1. The highest BCUT2D eigenvalue weighted by atomic mass is 79.9. The SMILES string of the molecule is Cc1ccc(S(=O)(=O)OC(C#CCOc2ccccc2Br)C(C)(C)C)cc1. The lowest BCUT2D eigenvalue weighted by Gasteiger charge is -2.25. The molecule has 0 N–H and O–H groups in total. The van der Waals surface area contributed by atoms with Gasteiger partial charge in [-0.3, -0.25) is 0 Å². The number of rotatable bonds is 5. The van der Waals surface area contributed by atoms with Crippen LogP contribution in [-0.2, 0) is 14.3 Å². The van der Waals surface area contributed by atoms with Crippen LogP contribution >= 0.6 is 15.9 Å². The molecule has 0 bridgehead atoms. The smallest absolute Gasteiger partial charge is 0.298 e. The highest BCUT2D eigenvalue weighted by Gasteiger charge is 2.30. The lowest BCUT2D eigenvalue weighted by atomic mass is 9.90. The zero-order valence-corrected chi connectivity index (χ0v) is 18.2. The number of para-hydroxylation sites is 1. The van der Waals surface area contributed by atoms with Crippen LogP contribution in [0.15, 0.2) is 57.9 Å². The van der Waals surface area contributed by atoms with Crippen molar-refractivity contribution in [3.63, 3.8) is 0 Å². The molecular weight excluding hydrogens is 428 g/mol. The Labute approximate surface area is 170 Å². The first-order valence-electron chi connectivity index (χ1n) is 8.45. The Kier molecular flexibility index (Phi) is 7.10. The number of hydrogen-bond acceptors (Lipinski definition) is 4. The minimum Gasteiger partial charge on any atom is -0.480 e. The van der Waals surface area contributed by atoms with E-state index in [1.165, 1.54) is 12.1 Å². The van der Waals surface area contributed by atoms with Crippen LogP contribution in [0.5, 0.6) is 5.75 Å². The molecule has 0 heterocycles. The molecule has 27 heavy (non-hydrogen) atoms. The third kappa shape index (κ3) is 6.39. The van der Waals surface area contributed by atoms with Crippen LogP contribution in [0.2, 0.25) is 0 Å². The van der Waals surface area contributed by atoms with E-state index in [0.717, 1.165) is 10.0 Å². The molecule has 0 fully saturated rings. The van der Waals surface area contributed by atoms with Gasteiger partial charge in [-0.1, -0.05) is 62.4 Å². The Morgan fingerprint density at radius 1 is 1.07 bits per heavy atom. The Morgan fingerprint density at radius 2 is 1.70 bits per heavy atom. The van der Waals surface area contributed by atoms with E-state index in [4.69, 9.17) is 8.92 Å². The Balaban J connectivity index is 2.12. The van der Waals surface area contributed by atoms with Crippen molar-refractivity contribution in [1.29, 1.82) is 0 Å². The van der Waals surface area contributed by atoms with E-state index in [0.29, 0.717) is 5.75 Å². The fourth-order valence-electron chi connectivity index (χ4n) is 2.08. The summed E-state index contributed by atoms with van der Waals surface area (Å²) in [4.78, 5) is 0.119. The quantitative estimate of drug-likeness (QED) is 0.477. The zero-order valence-electron chi connectivity index (χ0n) is 15.8. The third-order valence-corrected chi connectivity index (χ3v) is 5.64. The van der Waals surface area contributed by atoms with Gasteiger partial charge in [0.2, 0.25) is 0 Å². The van der Waals surface area contributed by atoms with Crippen molar-refractivity contribution in [2.24, 2.45) is 5.41 Å². The number of aryl methyl sites for hydroxylation is 1. The van der Waals surface area contributed by atoms with Gasteiger partial charge in [-0.05, 0) is 47.1 Å². The molecule has 0 radical (unpaired) electrons. The fraction of sp³-hybridized carbons (Fsp3) is 0.333. The van der Waals surface area contributed by atoms with Crippen molar-refractivity contribution in [1.82, 2.24) is 0 Å². The van der Waals surface area contributed by atoms with Gasteiger partial charge in [-0.25, -0.2) is 4.18 Å². The summed E-state index contributed by atoms with van der Waals surface area (Å²) in [6, 6.07) is 14.0. The van der Waals surface area contributed by atoms with Crippen LogP contribution in [0.4, 0.5) is 0 Å². The minimum atomic E-state index is -3.91. The van der Waals surface area contributed by atoms with E-state index in [1.807, 2.05) is 52.0 Å². The molecule has 0 aromatic heterocycles. The lowest BCUT2D eigenvalue weighted by Crippen LogP contribution is -2.30. The van der Waals surface area contributed by atoms with Crippen LogP contribution in [0.25, 0.3) is 0 Å². The van der Waals surface area contributed by atoms with Gasteiger partial charge >= 0.3 is 0 Å². The molecule has 1 unspecified atom stereocenters. The lowest BCUT2D eigenvalue weighted by molar-refractivity contribution is 0.143. The minimum absolute atomic E-state index is 0.119. The molecule has 0 aliphatic rings. The molecule has 2 aromatic carbocycles. The summed E-state index contributed by atoms with van der Waals surface area (Å²) < 4.78 is 37.0. The molecule has 0 amide bonds. The van der Waals surface area contributed by atoms with E-state index in [2.05, 4.69) is 27.8 Å². The summed E-state index contributed by atoms with van der Waals surface area (Å²) in [6.07, 6.45) is -0.799. The Bertz CT molecular complexity index is 933. The van der Waals surface area contributed by atoms with Crippen LogP contribution in [0.3, 0.4) is 0 Å². The van der Waals surface area contributed by atoms with Gasteiger partial charge in [0.1, 0.15) is 18.5 Å². The summed E-state index contributed by atoms with van der Waals surface area (Å²) in [7, 11) is -3.91. The fourth-order valence-corrected chi connectivity index (χ4v) is 3.65. The van der Waals surface area contributed by atoms with E-state index >= 15 is 0 Å². The first-order valence-corrected chi connectivity index (χ1v) is 10.7. The van der Waals surface area contributed by atoms with Gasteiger partial charge in [0.25, 0.3) is 10.1 Å². The first kappa shape index (κ1) is 21.5. The maximum atomic E-state index is 12.6. The van der Waals surface area contributed by atoms with Gasteiger partial charge < -0.3 is 4.74 Å². The highest BCUT2D eigenvalue weighted by Crippen LogP contribution is 2.26. The van der Waals surface area contributed by atoms with Gasteiger partial charge in [-0.2, -0.15) is 8.42 Å². The summed E-state index contributed by atoms with van der Waals surface area (Å²) >= 11 is 3.40. The van der Waals surface area contributed by atoms with Gasteiger partial charge in [-0.15, -0.1) is 0 Å². The van der Waals surface area contributed by atoms with Gasteiger partial charge in [0.15, 0.2) is 0 Å². The number of halogens is 1. The molecular formula is C21H23BrO4S. The molecule has 2 aromatic rings. The van der Waals surface area contributed by atoms with E-state index in [9.17, 15) is 8.42 Å². The maximum Gasteiger partial charge on any atom is 0.298 e. The van der Waals surface area contributed by atoms with Crippen LogP contribution in [0.1, 0.15) is 26.3 Å². The highest BCUT2D eigenvalue weighted by molar-refractivity contribution is 9.10. The topological polar surface area (TPSA) is 52.6 Å². The number of hydrogen-bond donors (Lipinski definition) is 0. The molecule has 0 aliphatic heterocycles.